The number of hydrogen-bond acceptors (Lipinski definition) is 2. The van der Waals surface area contributed by atoms with E-state index in [-0.39, 0.29) is 6.10 Å². The second-order valence-electron chi connectivity index (χ2n) is 4.12. The second kappa shape index (κ2) is 5.11. The van der Waals surface area contributed by atoms with Crippen LogP contribution in [0.2, 0.25) is 0 Å². The van der Waals surface area contributed by atoms with E-state index in [9.17, 15) is 0 Å². The summed E-state index contributed by atoms with van der Waals surface area (Å²) in [5.41, 5.74) is 4.11. The molecule has 0 aliphatic carbocycles. The first-order chi connectivity index (χ1) is 7.65. The summed E-state index contributed by atoms with van der Waals surface area (Å²) in [5.74, 6) is 1.17. The summed E-state index contributed by atoms with van der Waals surface area (Å²) in [6.07, 6.45) is 1.42. The molecule has 0 spiro atoms. The summed E-state index contributed by atoms with van der Waals surface area (Å²) >= 11 is 5.61. The van der Waals surface area contributed by atoms with Crippen LogP contribution in [0, 0.1) is 13.8 Å². The Kier molecular flexibility index (Phi) is 3.98. The van der Waals surface area contributed by atoms with Gasteiger partial charge in [0.1, 0.15) is 0 Å². The molecule has 16 heavy (non-hydrogen) atoms. The minimum Gasteiger partial charge on any atom is -0.374 e. The highest BCUT2D eigenvalue weighted by Crippen LogP contribution is 2.43. The van der Waals surface area contributed by atoms with E-state index in [1.54, 1.807) is 0 Å². The second-order valence-corrected chi connectivity index (χ2v) is 6.08. The maximum absolute atomic E-state index is 5.87. The first-order valence-corrected chi connectivity index (χ1v) is 7.47. The van der Waals surface area contributed by atoms with Crippen molar-refractivity contribution in [3.05, 3.63) is 27.2 Å². The molecule has 1 unspecified atom stereocenters. The van der Waals surface area contributed by atoms with Crippen molar-refractivity contribution in [1.29, 1.82) is 0 Å². The molecule has 0 aromatic heterocycles. The van der Waals surface area contributed by atoms with Crippen molar-refractivity contribution >= 4 is 27.7 Å². The van der Waals surface area contributed by atoms with Crippen LogP contribution in [-0.4, -0.2) is 12.4 Å². The van der Waals surface area contributed by atoms with Gasteiger partial charge in [-0.15, -0.1) is 11.8 Å². The molecule has 0 bridgehead atoms. The lowest BCUT2D eigenvalue weighted by molar-refractivity contribution is 0.0570. The zero-order valence-electron chi connectivity index (χ0n) is 9.97. The summed E-state index contributed by atoms with van der Waals surface area (Å²) in [4.78, 5) is 1.44. The average molecular weight is 301 g/mol. The molecule has 88 valence electrons. The number of rotatable bonds is 2. The van der Waals surface area contributed by atoms with Gasteiger partial charge in [-0.05, 0) is 49.9 Å². The molecule has 0 saturated heterocycles. The molecule has 0 fully saturated rings. The highest BCUT2D eigenvalue weighted by Gasteiger charge is 2.25. The van der Waals surface area contributed by atoms with E-state index in [1.807, 2.05) is 11.8 Å². The van der Waals surface area contributed by atoms with Crippen molar-refractivity contribution in [2.75, 3.05) is 12.4 Å². The Morgan fingerprint density at radius 1 is 1.50 bits per heavy atom. The van der Waals surface area contributed by atoms with Gasteiger partial charge in [0.25, 0.3) is 0 Å². The minimum atomic E-state index is 0.289. The molecule has 1 atom stereocenters. The van der Waals surface area contributed by atoms with E-state index < -0.39 is 0 Å². The smallest absolute Gasteiger partial charge is 0.0846 e. The first kappa shape index (κ1) is 12.5. The number of thioether (sulfide) groups is 1. The van der Waals surface area contributed by atoms with Gasteiger partial charge in [0.2, 0.25) is 0 Å². The molecule has 1 nitrogen and oxygen atoms in total. The third-order valence-electron chi connectivity index (χ3n) is 3.02. The molecule has 1 heterocycles. The van der Waals surface area contributed by atoms with Crippen LogP contribution in [0.4, 0.5) is 0 Å². The van der Waals surface area contributed by atoms with E-state index in [4.69, 9.17) is 4.74 Å². The predicted molar refractivity (Wildman–Crippen MR) is 73.3 cm³/mol. The summed E-state index contributed by atoms with van der Waals surface area (Å²) in [6, 6.07) is 2.22. The monoisotopic (exact) mass is 300 g/mol. The number of aryl methyl sites for hydroxylation is 1. The highest BCUT2D eigenvalue weighted by atomic mass is 79.9. The van der Waals surface area contributed by atoms with Crippen molar-refractivity contribution in [3.63, 3.8) is 0 Å². The highest BCUT2D eigenvalue weighted by molar-refractivity contribution is 9.10. The fourth-order valence-electron chi connectivity index (χ4n) is 2.23. The average Bonchev–Trinajstić information content (AvgIpc) is 2.26. The maximum atomic E-state index is 5.87. The van der Waals surface area contributed by atoms with Crippen molar-refractivity contribution in [1.82, 2.24) is 0 Å². The number of ether oxygens (including phenoxy) is 1. The van der Waals surface area contributed by atoms with Gasteiger partial charge < -0.3 is 4.74 Å². The van der Waals surface area contributed by atoms with E-state index in [0.29, 0.717) is 0 Å². The lowest BCUT2D eigenvalue weighted by atomic mass is 9.98. The Hall–Kier alpha value is 0.01000. The Balaban J connectivity index is 2.53. The molecule has 1 aromatic rings. The van der Waals surface area contributed by atoms with Crippen LogP contribution in [0.1, 0.15) is 36.1 Å². The van der Waals surface area contributed by atoms with Gasteiger partial charge in [-0.25, -0.2) is 0 Å². The van der Waals surface area contributed by atoms with Gasteiger partial charge >= 0.3 is 0 Å². The molecule has 0 amide bonds. The Morgan fingerprint density at radius 3 is 2.94 bits per heavy atom. The molecular formula is C13H17BrOS. The summed E-state index contributed by atoms with van der Waals surface area (Å²) < 4.78 is 7.07. The van der Waals surface area contributed by atoms with Crippen LogP contribution in [0.15, 0.2) is 15.4 Å². The van der Waals surface area contributed by atoms with Crippen molar-refractivity contribution < 1.29 is 4.74 Å². The van der Waals surface area contributed by atoms with Gasteiger partial charge in [0.05, 0.1) is 6.10 Å². The van der Waals surface area contributed by atoms with E-state index >= 15 is 0 Å². The SMILES string of the molecule is CCOC1CCSc2c(C)cc(Br)c(C)c21. The zero-order chi connectivity index (χ0) is 11.7. The zero-order valence-corrected chi connectivity index (χ0v) is 12.4. The van der Waals surface area contributed by atoms with Crippen molar-refractivity contribution in [2.24, 2.45) is 0 Å². The van der Waals surface area contributed by atoms with Gasteiger partial charge in [0.15, 0.2) is 0 Å². The molecule has 1 aromatic carbocycles. The fourth-order valence-corrected chi connectivity index (χ4v) is 4.05. The fraction of sp³-hybridized carbons (Fsp3) is 0.538. The molecule has 0 saturated carbocycles. The number of benzene rings is 1. The summed E-state index contributed by atoms with van der Waals surface area (Å²) in [5, 5.41) is 0. The Bertz CT molecular complexity index is 403. The third kappa shape index (κ3) is 2.18. The van der Waals surface area contributed by atoms with Crippen molar-refractivity contribution in [3.8, 4) is 0 Å². The van der Waals surface area contributed by atoms with E-state index in [0.717, 1.165) is 13.0 Å². The number of fused-ring (bicyclic) bond motifs is 1. The normalized spacial score (nSPS) is 19.6. The minimum absolute atomic E-state index is 0.289. The standard InChI is InChI=1S/C13H17BrOS/c1-4-15-11-5-6-16-13-8(2)7-10(14)9(3)12(11)13/h7,11H,4-6H2,1-3H3. The van der Waals surface area contributed by atoms with E-state index in [2.05, 4.69) is 42.8 Å². The van der Waals surface area contributed by atoms with Crippen LogP contribution in [0.25, 0.3) is 0 Å². The van der Waals surface area contributed by atoms with Crippen LogP contribution in [-0.2, 0) is 4.74 Å². The maximum Gasteiger partial charge on any atom is 0.0846 e. The van der Waals surface area contributed by atoms with Crippen LogP contribution in [0.3, 0.4) is 0 Å². The number of hydrogen-bond donors (Lipinski definition) is 0. The lowest BCUT2D eigenvalue weighted by Gasteiger charge is -2.28. The molecule has 1 aliphatic heterocycles. The van der Waals surface area contributed by atoms with Crippen LogP contribution >= 0.6 is 27.7 Å². The van der Waals surface area contributed by atoms with Gasteiger partial charge in [-0.3, -0.25) is 0 Å². The van der Waals surface area contributed by atoms with Crippen LogP contribution in [0.5, 0.6) is 0 Å². The van der Waals surface area contributed by atoms with Crippen LogP contribution < -0.4 is 0 Å². The summed E-state index contributed by atoms with van der Waals surface area (Å²) in [6.45, 7) is 7.23. The van der Waals surface area contributed by atoms with E-state index in [1.165, 1.54) is 31.8 Å². The molecule has 2 rings (SSSR count). The Morgan fingerprint density at radius 2 is 2.25 bits per heavy atom. The molecular weight excluding hydrogens is 284 g/mol. The predicted octanol–water partition coefficient (Wildman–Crippen LogP) is 4.64. The van der Waals surface area contributed by atoms with Gasteiger partial charge in [0, 0.05) is 21.7 Å². The first-order valence-electron chi connectivity index (χ1n) is 5.69. The Labute approximate surface area is 110 Å². The van der Waals surface area contributed by atoms with Gasteiger partial charge in [-0.2, -0.15) is 0 Å². The molecule has 3 heteroatoms. The summed E-state index contributed by atoms with van der Waals surface area (Å²) in [7, 11) is 0. The van der Waals surface area contributed by atoms with Crippen molar-refractivity contribution in [2.45, 2.75) is 38.2 Å². The topological polar surface area (TPSA) is 9.23 Å². The lowest BCUT2D eigenvalue weighted by Crippen LogP contribution is -2.14. The molecule has 0 radical (unpaired) electrons. The molecule has 1 aliphatic rings. The molecule has 0 N–H and O–H groups in total. The number of halogens is 1. The quantitative estimate of drug-likeness (QED) is 0.787. The largest absolute Gasteiger partial charge is 0.374 e. The van der Waals surface area contributed by atoms with Gasteiger partial charge in [-0.1, -0.05) is 15.9 Å². The third-order valence-corrected chi connectivity index (χ3v) is 5.12.